The predicted molar refractivity (Wildman–Crippen MR) is 228 cm³/mol. The SMILES string of the molecule is c1ccc(-c2ccc(-c3nc(-c4cccc(-c5ccccc5)c4)nc(-c4cccc5cc6c(cc45)-c4ccccc4C64C5CC6CC(C5)CC4C6)n3)cc2)cc1. The van der Waals surface area contributed by atoms with Gasteiger partial charge in [0.2, 0.25) is 0 Å². The Hall–Kier alpha value is -6.19. The van der Waals surface area contributed by atoms with Gasteiger partial charge in [-0.2, -0.15) is 0 Å². The van der Waals surface area contributed by atoms with Gasteiger partial charge < -0.3 is 0 Å². The number of hydrogen-bond acceptors (Lipinski definition) is 3. The van der Waals surface area contributed by atoms with Crippen molar-refractivity contribution in [2.24, 2.45) is 23.7 Å². The zero-order chi connectivity index (χ0) is 36.8. The molecule has 8 aromatic rings. The highest BCUT2D eigenvalue weighted by Gasteiger charge is 2.61. The third kappa shape index (κ3) is 4.86. The molecule has 56 heavy (non-hydrogen) atoms. The molecule has 3 nitrogen and oxygen atoms in total. The lowest BCUT2D eigenvalue weighted by atomic mass is 9.43. The summed E-state index contributed by atoms with van der Waals surface area (Å²) in [6.07, 6.45) is 6.99. The Balaban J connectivity index is 1.04. The maximum atomic E-state index is 5.31. The molecule has 268 valence electrons. The summed E-state index contributed by atoms with van der Waals surface area (Å²) in [7, 11) is 0. The maximum absolute atomic E-state index is 5.31. The first kappa shape index (κ1) is 32.1. The van der Waals surface area contributed by atoms with Gasteiger partial charge in [0, 0.05) is 22.1 Å². The van der Waals surface area contributed by atoms with E-state index in [9.17, 15) is 0 Å². The van der Waals surface area contributed by atoms with E-state index < -0.39 is 0 Å². The molecule has 0 amide bonds. The monoisotopic (exact) mass is 719 g/mol. The number of nitrogens with zero attached hydrogens (tertiary/aromatic N) is 3. The molecule has 0 unspecified atom stereocenters. The molecule has 7 aromatic carbocycles. The van der Waals surface area contributed by atoms with Crippen LogP contribution in [0, 0.1) is 23.7 Å². The van der Waals surface area contributed by atoms with Crippen LogP contribution < -0.4 is 0 Å². The first-order chi connectivity index (χ1) is 27.7. The topological polar surface area (TPSA) is 38.7 Å². The molecular formula is C53H41N3. The summed E-state index contributed by atoms with van der Waals surface area (Å²) in [5.41, 5.74) is 13.8. The number of benzene rings is 7. The molecule has 4 fully saturated rings. The Labute approximate surface area is 328 Å². The van der Waals surface area contributed by atoms with E-state index in [0.717, 1.165) is 45.9 Å². The van der Waals surface area contributed by atoms with Crippen LogP contribution in [0.3, 0.4) is 0 Å². The Kier molecular flexibility index (Phi) is 7.11. The van der Waals surface area contributed by atoms with Crippen molar-refractivity contribution in [2.75, 3.05) is 0 Å². The number of rotatable bonds is 5. The molecule has 0 aliphatic heterocycles. The van der Waals surface area contributed by atoms with Crippen molar-refractivity contribution in [3.63, 3.8) is 0 Å². The molecule has 4 saturated carbocycles. The van der Waals surface area contributed by atoms with Crippen LogP contribution in [-0.2, 0) is 5.41 Å². The summed E-state index contributed by atoms with van der Waals surface area (Å²) in [6, 6.07) is 59.4. The van der Waals surface area contributed by atoms with E-state index in [1.165, 1.54) is 70.7 Å². The van der Waals surface area contributed by atoms with Crippen LogP contribution in [0.15, 0.2) is 164 Å². The molecule has 1 aromatic heterocycles. The smallest absolute Gasteiger partial charge is 0.164 e. The summed E-state index contributed by atoms with van der Waals surface area (Å²) < 4.78 is 0. The molecular weight excluding hydrogens is 679 g/mol. The van der Waals surface area contributed by atoms with Crippen LogP contribution in [0.5, 0.6) is 0 Å². The standard InChI is InChI=1S/C53H41N3/c1-3-11-35(12-4-1)37-21-23-38(24-22-37)50-54-51(41-17-9-15-39(30-41)36-13-5-2-6-14-36)56-52(55-50)45-19-10-16-40-31-49-47(32-46(40)45)44-18-7-8-20-48(44)53(49)42-26-33-25-34(28-42)29-43(53)27-33/h1-24,30-34,42-43H,25-29H2. The third-order valence-corrected chi connectivity index (χ3v) is 13.9. The molecule has 0 N–H and O–H groups in total. The lowest BCUT2D eigenvalue weighted by molar-refractivity contribution is -0.0399. The van der Waals surface area contributed by atoms with Gasteiger partial charge in [-0.3, -0.25) is 0 Å². The van der Waals surface area contributed by atoms with Crippen LogP contribution in [0.4, 0.5) is 0 Å². The van der Waals surface area contributed by atoms with Crippen molar-refractivity contribution in [1.82, 2.24) is 15.0 Å². The molecule has 3 heteroatoms. The Morgan fingerprint density at radius 2 is 0.893 bits per heavy atom. The predicted octanol–water partition coefficient (Wildman–Crippen LogP) is 13.1. The van der Waals surface area contributed by atoms with Crippen LogP contribution in [-0.4, -0.2) is 15.0 Å². The second-order valence-electron chi connectivity index (χ2n) is 16.8. The minimum atomic E-state index is 0.132. The second kappa shape index (κ2) is 12.4. The van der Waals surface area contributed by atoms with Gasteiger partial charge in [0.05, 0.1) is 0 Å². The third-order valence-electron chi connectivity index (χ3n) is 13.9. The summed E-state index contributed by atoms with van der Waals surface area (Å²) in [6.45, 7) is 0. The van der Waals surface area contributed by atoms with Gasteiger partial charge in [-0.25, -0.2) is 15.0 Å². The van der Waals surface area contributed by atoms with Crippen molar-refractivity contribution < 1.29 is 0 Å². The number of hydrogen-bond donors (Lipinski definition) is 0. The van der Waals surface area contributed by atoms with Crippen LogP contribution >= 0.6 is 0 Å². The molecule has 0 saturated heterocycles. The van der Waals surface area contributed by atoms with Crippen LogP contribution in [0.2, 0.25) is 0 Å². The fourth-order valence-electron chi connectivity index (χ4n) is 11.8. The van der Waals surface area contributed by atoms with Crippen molar-refractivity contribution >= 4 is 10.8 Å². The average Bonchev–Trinajstić information content (AvgIpc) is 3.54. The van der Waals surface area contributed by atoms with E-state index in [1.54, 1.807) is 11.1 Å². The van der Waals surface area contributed by atoms with E-state index in [1.807, 2.05) is 0 Å². The minimum Gasteiger partial charge on any atom is -0.208 e. The van der Waals surface area contributed by atoms with Crippen LogP contribution in [0.25, 0.3) is 78.3 Å². The zero-order valence-corrected chi connectivity index (χ0v) is 31.3. The second-order valence-corrected chi connectivity index (χ2v) is 16.8. The Bertz CT molecular complexity index is 2780. The Morgan fingerprint density at radius 3 is 1.62 bits per heavy atom. The average molecular weight is 720 g/mol. The van der Waals surface area contributed by atoms with Gasteiger partial charge in [0.1, 0.15) is 0 Å². The van der Waals surface area contributed by atoms with Gasteiger partial charge in [0.15, 0.2) is 17.5 Å². The van der Waals surface area contributed by atoms with Crippen molar-refractivity contribution in [3.05, 3.63) is 175 Å². The molecule has 0 atom stereocenters. The maximum Gasteiger partial charge on any atom is 0.164 e. The molecule has 1 heterocycles. The van der Waals surface area contributed by atoms with E-state index in [0.29, 0.717) is 17.5 Å². The molecule has 5 aliphatic rings. The lowest BCUT2D eigenvalue weighted by Crippen LogP contribution is -2.55. The molecule has 4 bridgehead atoms. The summed E-state index contributed by atoms with van der Waals surface area (Å²) in [4.78, 5) is 15.8. The normalized spacial score (nSPS) is 22.7. The summed E-state index contributed by atoms with van der Waals surface area (Å²) in [5, 5.41) is 2.46. The van der Waals surface area contributed by atoms with E-state index in [2.05, 4.69) is 164 Å². The highest BCUT2D eigenvalue weighted by molar-refractivity contribution is 6.01. The lowest BCUT2D eigenvalue weighted by Gasteiger charge is -2.61. The van der Waals surface area contributed by atoms with Crippen molar-refractivity contribution in [1.29, 1.82) is 0 Å². The van der Waals surface area contributed by atoms with Gasteiger partial charge in [-0.05, 0) is 129 Å². The largest absolute Gasteiger partial charge is 0.208 e. The van der Waals surface area contributed by atoms with Crippen molar-refractivity contribution in [2.45, 2.75) is 37.5 Å². The first-order valence-corrected chi connectivity index (χ1v) is 20.4. The fraction of sp³-hybridized carbons (Fsp3) is 0.189. The molecule has 1 spiro atoms. The van der Waals surface area contributed by atoms with E-state index in [4.69, 9.17) is 15.0 Å². The Morgan fingerprint density at radius 1 is 0.357 bits per heavy atom. The van der Waals surface area contributed by atoms with Gasteiger partial charge in [-0.1, -0.05) is 146 Å². The van der Waals surface area contributed by atoms with Crippen molar-refractivity contribution in [3.8, 4) is 67.5 Å². The summed E-state index contributed by atoms with van der Waals surface area (Å²) >= 11 is 0. The number of aromatic nitrogens is 3. The van der Waals surface area contributed by atoms with Crippen LogP contribution in [0.1, 0.15) is 43.2 Å². The van der Waals surface area contributed by atoms with Gasteiger partial charge in [0.25, 0.3) is 0 Å². The van der Waals surface area contributed by atoms with E-state index in [-0.39, 0.29) is 5.41 Å². The first-order valence-electron chi connectivity index (χ1n) is 20.4. The van der Waals surface area contributed by atoms with Gasteiger partial charge in [-0.15, -0.1) is 0 Å². The minimum absolute atomic E-state index is 0.132. The highest BCUT2D eigenvalue weighted by atomic mass is 15.0. The van der Waals surface area contributed by atoms with E-state index >= 15 is 0 Å². The highest BCUT2D eigenvalue weighted by Crippen LogP contribution is 2.69. The zero-order valence-electron chi connectivity index (χ0n) is 31.3. The molecule has 0 radical (unpaired) electrons. The molecule has 13 rings (SSSR count). The summed E-state index contributed by atoms with van der Waals surface area (Å²) in [5.74, 6) is 5.34. The number of fused-ring (bicyclic) bond motifs is 4. The van der Waals surface area contributed by atoms with Gasteiger partial charge >= 0.3 is 0 Å². The molecule has 5 aliphatic carbocycles. The quantitative estimate of drug-likeness (QED) is 0.178. The fourth-order valence-corrected chi connectivity index (χ4v) is 11.8.